The van der Waals surface area contributed by atoms with Crippen LogP contribution in [0.4, 0.5) is 13.2 Å². The van der Waals surface area contributed by atoms with Gasteiger partial charge in [-0.15, -0.1) is 0 Å². The topological polar surface area (TPSA) is 88.9 Å². The first-order valence-corrected chi connectivity index (χ1v) is 11.3. The van der Waals surface area contributed by atoms with Crippen molar-refractivity contribution in [3.05, 3.63) is 61.7 Å². The molecule has 0 fully saturated rings. The molecule has 0 saturated carbocycles. The van der Waals surface area contributed by atoms with Crippen molar-refractivity contribution in [1.82, 2.24) is 25.4 Å². The fraction of sp³-hybridized carbons (Fsp3) is 0.333. The fourth-order valence-electron chi connectivity index (χ4n) is 3.56. The van der Waals surface area contributed by atoms with Crippen molar-refractivity contribution in [1.29, 1.82) is 0 Å². The van der Waals surface area contributed by atoms with Gasteiger partial charge in [-0.25, -0.2) is 9.67 Å². The number of pyridine rings is 1. The van der Waals surface area contributed by atoms with Crippen molar-refractivity contribution in [2.75, 3.05) is 6.54 Å². The molecule has 0 aliphatic heterocycles. The SMILES string of the molecule is CCNC(=O)C1(C)CC(I)=CC(C)=C1NC(=O)c1cc(C(F)(F)F)nn1-c1ncccc1Cl. The van der Waals surface area contributed by atoms with E-state index < -0.39 is 28.9 Å². The molecule has 0 saturated heterocycles. The number of alkyl halides is 3. The number of nitrogens with one attached hydrogen (secondary N) is 2. The minimum atomic E-state index is -4.80. The summed E-state index contributed by atoms with van der Waals surface area (Å²) >= 11 is 8.22. The monoisotopic (exact) mass is 593 g/mol. The summed E-state index contributed by atoms with van der Waals surface area (Å²) in [7, 11) is 0. The second-order valence-corrected chi connectivity index (χ2v) is 9.40. The van der Waals surface area contributed by atoms with Crippen LogP contribution >= 0.6 is 34.2 Å². The number of nitrogens with zero attached hydrogens (tertiary/aromatic N) is 3. The molecular formula is C21H20ClF3IN5O2. The van der Waals surface area contributed by atoms with Gasteiger partial charge < -0.3 is 10.6 Å². The van der Waals surface area contributed by atoms with Crippen molar-refractivity contribution in [3.8, 4) is 5.82 Å². The molecule has 33 heavy (non-hydrogen) atoms. The first-order chi connectivity index (χ1) is 15.4. The summed E-state index contributed by atoms with van der Waals surface area (Å²) in [6.07, 6.45) is -1.34. The van der Waals surface area contributed by atoms with E-state index in [0.29, 0.717) is 30.3 Å². The van der Waals surface area contributed by atoms with Crippen LogP contribution in [0.3, 0.4) is 0 Å². The highest BCUT2D eigenvalue weighted by Gasteiger charge is 2.42. The maximum atomic E-state index is 13.4. The summed E-state index contributed by atoms with van der Waals surface area (Å²) in [4.78, 5) is 30.1. The predicted molar refractivity (Wildman–Crippen MR) is 125 cm³/mol. The summed E-state index contributed by atoms with van der Waals surface area (Å²) in [6, 6.07) is 3.55. The van der Waals surface area contributed by atoms with E-state index in [1.165, 1.54) is 18.3 Å². The van der Waals surface area contributed by atoms with Gasteiger partial charge in [-0.3, -0.25) is 9.59 Å². The van der Waals surface area contributed by atoms with Gasteiger partial charge in [-0.1, -0.05) is 11.6 Å². The van der Waals surface area contributed by atoms with Crippen molar-refractivity contribution in [3.63, 3.8) is 0 Å². The molecule has 0 aromatic carbocycles. The van der Waals surface area contributed by atoms with Crippen LogP contribution in [0.5, 0.6) is 0 Å². The third kappa shape index (κ3) is 5.08. The van der Waals surface area contributed by atoms with Crippen molar-refractivity contribution in [2.45, 2.75) is 33.4 Å². The van der Waals surface area contributed by atoms with Crippen LogP contribution in [-0.2, 0) is 11.0 Å². The molecule has 176 valence electrons. The molecule has 2 N–H and O–H groups in total. The first-order valence-electron chi connectivity index (χ1n) is 9.83. The standard InChI is InChI=1S/C21H20ClF3IN5O2/c1-4-27-19(33)20(3)10-12(26)8-11(2)16(20)29-18(32)14-9-15(21(23,24)25)30-31(14)17-13(22)6-5-7-28-17/h5-9H,4,10H2,1-3H3,(H,27,33)(H,29,32). The maximum Gasteiger partial charge on any atom is 0.435 e. The van der Waals surface area contributed by atoms with Gasteiger partial charge in [0.05, 0.1) is 10.4 Å². The van der Waals surface area contributed by atoms with E-state index in [4.69, 9.17) is 11.6 Å². The number of halogens is 5. The number of hydrogen-bond donors (Lipinski definition) is 2. The van der Waals surface area contributed by atoms with E-state index in [0.717, 1.165) is 8.26 Å². The molecule has 1 aliphatic rings. The highest BCUT2D eigenvalue weighted by molar-refractivity contribution is 14.1. The largest absolute Gasteiger partial charge is 0.435 e. The number of carbonyl (C=O) groups excluding carboxylic acids is 2. The summed E-state index contributed by atoms with van der Waals surface area (Å²) in [5.41, 5.74) is -1.91. The predicted octanol–water partition coefficient (Wildman–Crippen LogP) is 4.81. The zero-order valence-electron chi connectivity index (χ0n) is 17.8. The van der Waals surface area contributed by atoms with Gasteiger partial charge in [-0.2, -0.15) is 18.3 Å². The number of allylic oxidation sites excluding steroid dienone is 3. The fourth-order valence-corrected chi connectivity index (χ4v) is 4.99. The van der Waals surface area contributed by atoms with Crippen LogP contribution in [0.25, 0.3) is 5.82 Å². The van der Waals surface area contributed by atoms with E-state index in [2.05, 4.69) is 43.3 Å². The Kier molecular flexibility index (Phi) is 7.22. The molecule has 1 atom stereocenters. The summed E-state index contributed by atoms with van der Waals surface area (Å²) in [5.74, 6) is -1.32. The molecule has 0 bridgehead atoms. The average molecular weight is 594 g/mol. The van der Waals surface area contributed by atoms with Gasteiger partial charge >= 0.3 is 6.18 Å². The Morgan fingerprint density at radius 2 is 2.06 bits per heavy atom. The molecule has 0 radical (unpaired) electrons. The minimum absolute atomic E-state index is 0.0149. The second-order valence-electron chi connectivity index (χ2n) is 7.60. The van der Waals surface area contributed by atoms with Crippen LogP contribution in [-0.4, -0.2) is 33.1 Å². The summed E-state index contributed by atoms with van der Waals surface area (Å²) in [6.45, 7) is 5.55. The molecule has 1 unspecified atom stereocenters. The number of amides is 2. The van der Waals surface area contributed by atoms with Crippen molar-refractivity contribution >= 4 is 46.0 Å². The number of rotatable bonds is 5. The van der Waals surface area contributed by atoms with Crippen LogP contribution in [0, 0.1) is 5.41 Å². The Labute approximate surface area is 206 Å². The van der Waals surface area contributed by atoms with Crippen LogP contribution in [0.1, 0.15) is 43.4 Å². The van der Waals surface area contributed by atoms with E-state index >= 15 is 0 Å². The second kappa shape index (κ2) is 9.45. The quantitative estimate of drug-likeness (QED) is 0.488. The van der Waals surface area contributed by atoms with Crippen LogP contribution in [0.2, 0.25) is 5.02 Å². The van der Waals surface area contributed by atoms with Crippen LogP contribution in [0.15, 0.2) is 45.3 Å². The lowest BCUT2D eigenvalue weighted by atomic mass is 9.77. The lowest BCUT2D eigenvalue weighted by Gasteiger charge is -2.35. The van der Waals surface area contributed by atoms with Gasteiger partial charge in [0.2, 0.25) is 5.91 Å². The van der Waals surface area contributed by atoms with E-state index in [9.17, 15) is 22.8 Å². The summed E-state index contributed by atoms with van der Waals surface area (Å²) < 4.78 is 41.9. The lowest BCUT2D eigenvalue weighted by molar-refractivity contribution is -0.141. The van der Waals surface area contributed by atoms with Crippen molar-refractivity contribution < 1.29 is 22.8 Å². The van der Waals surface area contributed by atoms with Gasteiger partial charge in [0.15, 0.2) is 11.5 Å². The first kappa shape index (κ1) is 25.2. The third-order valence-electron chi connectivity index (χ3n) is 5.09. The number of aromatic nitrogens is 3. The molecule has 3 rings (SSSR count). The summed E-state index contributed by atoms with van der Waals surface area (Å²) in [5, 5.41) is 8.97. The van der Waals surface area contributed by atoms with Crippen molar-refractivity contribution in [2.24, 2.45) is 5.41 Å². The Bertz CT molecular complexity index is 1170. The third-order valence-corrected chi connectivity index (χ3v) is 6.08. The van der Waals surface area contributed by atoms with E-state index in [-0.39, 0.29) is 16.7 Å². The smallest absolute Gasteiger partial charge is 0.356 e. The Balaban J connectivity index is 2.10. The molecule has 2 heterocycles. The highest BCUT2D eigenvalue weighted by atomic mass is 127. The van der Waals surface area contributed by atoms with E-state index in [1.54, 1.807) is 20.8 Å². The molecular weight excluding hydrogens is 574 g/mol. The molecule has 2 aromatic rings. The molecule has 0 spiro atoms. The molecule has 7 nitrogen and oxygen atoms in total. The Hall–Kier alpha value is -2.41. The number of carbonyl (C=O) groups is 2. The zero-order chi connectivity index (χ0) is 24.6. The average Bonchev–Trinajstić information content (AvgIpc) is 3.17. The van der Waals surface area contributed by atoms with Gasteiger partial charge in [0, 0.05) is 24.5 Å². The minimum Gasteiger partial charge on any atom is -0.356 e. The van der Waals surface area contributed by atoms with Crippen LogP contribution < -0.4 is 10.6 Å². The van der Waals surface area contributed by atoms with Gasteiger partial charge in [0.1, 0.15) is 5.69 Å². The molecule has 1 aliphatic carbocycles. The molecule has 12 heteroatoms. The highest BCUT2D eigenvalue weighted by Crippen LogP contribution is 2.41. The molecule has 2 aromatic heterocycles. The van der Waals surface area contributed by atoms with Gasteiger partial charge in [-0.05, 0) is 77.1 Å². The Morgan fingerprint density at radius 1 is 1.36 bits per heavy atom. The normalized spacial score (nSPS) is 18.7. The Morgan fingerprint density at radius 3 is 2.67 bits per heavy atom. The maximum absolute atomic E-state index is 13.4. The van der Waals surface area contributed by atoms with E-state index in [1.807, 2.05) is 6.08 Å². The zero-order valence-corrected chi connectivity index (χ0v) is 20.8. The van der Waals surface area contributed by atoms with Gasteiger partial charge in [0.25, 0.3) is 5.91 Å². The number of hydrogen-bond acceptors (Lipinski definition) is 4. The molecule has 2 amide bonds. The lowest BCUT2D eigenvalue weighted by Crippen LogP contribution is -2.46.